The lowest BCUT2D eigenvalue weighted by molar-refractivity contribution is -0.274. The van der Waals surface area contributed by atoms with Crippen molar-refractivity contribution in [1.29, 1.82) is 0 Å². The van der Waals surface area contributed by atoms with Crippen LogP contribution in [0, 0.1) is 5.92 Å². The molecule has 0 radical (unpaired) electrons. The predicted octanol–water partition coefficient (Wildman–Crippen LogP) is 4.19. The first kappa shape index (κ1) is 15.6. The van der Waals surface area contributed by atoms with E-state index in [-0.39, 0.29) is 5.75 Å². The van der Waals surface area contributed by atoms with Gasteiger partial charge in [0.05, 0.1) is 0 Å². The van der Waals surface area contributed by atoms with Crippen molar-refractivity contribution in [2.24, 2.45) is 5.92 Å². The molecule has 1 heterocycles. The molecular formula is C14H17BrF3NO. The number of benzene rings is 1. The van der Waals surface area contributed by atoms with Gasteiger partial charge in [-0.25, -0.2) is 0 Å². The van der Waals surface area contributed by atoms with Crippen LogP contribution in [0.15, 0.2) is 24.3 Å². The summed E-state index contributed by atoms with van der Waals surface area (Å²) in [6.45, 7) is 4.01. The minimum absolute atomic E-state index is 0.173. The summed E-state index contributed by atoms with van der Waals surface area (Å²) in [5.41, 5.74) is 1.000. The van der Waals surface area contributed by atoms with Crippen LogP contribution in [0.5, 0.6) is 5.75 Å². The first-order valence-corrected chi connectivity index (χ1v) is 7.66. The molecule has 0 bridgehead atoms. The van der Waals surface area contributed by atoms with E-state index < -0.39 is 6.36 Å². The number of hydrogen-bond donors (Lipinski definition) is 0. The van der Waals surface area contributed by atoms with Crippen molar-refractivity contribution in [1.82, 2.24) is 4.90 Å². The molecule has 1 saturated heterocycles. The Bertz CT molecular complexity index is 435. The molecule has 1 aliphatic rings. The first-order valence-electron chi connectivity index (χ1n) is 6.54. The summed E-state index contributed by atoms with van der Waals surface area (Å²) in [6, 6.07) is 6.60. The largest absolute Gasteiger partial charge is 0.573 e. The number of likely N-dealkylation sites (tertiary alicyclic amines) is 1. The van der Waals surface area contributed by atoms with Crippen LogP contribution in [0.3, 0.4) is 0 Å². The average Bonchev–Trinajstić information content (AvgIpc) is 2.70. The SMILES string of the molecule is CC1CCN(Cc2ccc(OC(F)(F)F)cc2)C1CBr. The number of ether oxygens (including phenoxy) is 1. The molecule has 2 unspecified atom stereocenters. The van der Waals surface area contributed by atoms with Gasteiger partial charge in [-0.1, -0.05) is 35.0 Å². The Morgan fingerprint density at radius 3 is 2.50 bits per heavy atom. The fourth-order valence-electron chi connectivity index (χ4n) is 2.56. The van der Waals surface area contributed by atoms with Gasteiger partial charge in [-0.05, 0) is 36.6 Å². The van der Waals surface area contributed by atoms with Crippen LogP contribution in [0.25, 0.3) is 0 Å². The second-order valence-corrected chi connectivity index (χ2v) is 5.80. The molecule has 0 spiro atoms. The normalized spacial score (nSPS) is 24.1. The fourth-order valence-corrected chi connectivity index (χ4v) is 3.61. The Balaban J connectivity index is 1.97. The zero-order valence-corrected chi connectivity index (χ0v) is 12.7. The molecular weight excluding hydrogens is 335 g/mol. The van der Waals surface area contributed by atoms with Crippen molar-refractivity contribution >= 4 is 15.9 Å². The zero-order chi connectivity index (χ0) is 14.8. The topological polar surface area (TPSA) is 12.5 Å². The Kier molecular flexibility index (Phi) is 4.96. The molecule has 0 aliphatic carbocycles. The van der Waals surface area contributed by atoms with Crippen LogP contribution < -0.4 is 4.74 Å². The highest BCUT2D eigenvalue weighted by Crippen LogP contribution is 2.28. The minimum atomic E-state index is -4.63. The van der Waals surface area contributed by atoms with Gasteiger partial charge in [0, 0.05) is 17.9 Å². The molecule has 1 aliphatic heterocycles. The van der Waals surface area contributed by atoms with E-state index in [1.54, 1.807) is 12.1 Å². The van der Waals surface area contributed by atoms with E-state index in [0.29, 0.717) is 12.0 Å². The van der Waals surface area contributed by atoms with Gasteiger partial charge in [0.25, 0.3) is 0 Å². The molecule has 20 heavy (non-hydrogen) atoms. The van der Waals surface area contributed by atoms with Crippen molar-refractivity contribution in [3.63, 3.8) is 0 Å². The molecule has 0 saturated carbocycles. The van der Waals surface area contributed by atoms with E-state index in [1.165, 1.54) is 12.1 Å². The van der Waals surface area contributed by atoms with Gasteiger partial charge in [0.1, 0.15) is 5.75 Å². The Morgan fingerprint density at radius 2 is 1.95 bits per heavy atom. The average molecular weight is 352 g/mol. The molecule has 2 rings (SSSR count). The van der Waals surface area contributed by atoms with Crippen LogP contribution in [-0.2, 0) is 6.54 Å². The van der Waals surface area contributed by atoms with Crippen LogP contribution in [-0.4, -0.2) is 29.2 Å². The zero-order valence-electron chi connectivity index (χ0n) is 11.2. The quantitative estimate of drug-likeness (QED) is 0.754. The third-order valence-electron chi connectivity index (χ3n) is 3.70. The Morgan fingerprint density at radius 1 is 1.30 bits per heavy atom. The molecule has 2 atom stereocenters. The fraction of sp³-hybridized carbons (Fsp3) is 0.571. The second kappa shape index (κ2) is 6.35. The number of rotatable bonds is 4. The summed E-state index contributed by atoms with van der Waals surface area (Å²) < 4.78 is 40.1. The highest BCUT2D eigenvalue weighted by Gasteiger charge is 2.31. The third-order valence-corrected chi connectivity index (χ3v) is 4.36. The predicted molar refractivity (Wildman–Crippen MR) is 74.9 cm³/mol. The molecule has 0 amide bonds. The number of alkyl halides is 4. The summed E-state index contributed by atoms with van der Waals surface area (Å²) in [5, 5.41) is 0.920. The lowest BCUT2D eigenvalue weighted by Crippen LogP contribution is -2.32. The Labute approximate surface area is 125 Å². The monoisotopic (exact) mass is 351 g/mol. The summed E-state index contributed by atoms with van der Waals surface area (Å²) in [7, 11) is 0. The van der Waals surface area contributed by atoms with Gasteiger partial charge in [0.15, 0.2) is 0 Å². The molecule has 1 aromatic rings. The Hall–Kier alpha value is -0.750. The van der Waals surface area contributed by atoms with Gasteiger partial charge in [-0.2, -0.15) is 0 Å². The van der Waals surface area contributed by atoms with Crippen LogP contribution >= 0.6 is 15.9 Å². The van der Waals surface area contributed by atoms with E-state index in [1.807, 2.05) is 0 Å². The molecule has 1 fully saturated rings. The molecule has 2 nitrogen and oxygen atoms in total. The van der Waals surface area contributed by atoms with E-state index in [0.717, 1.165) is 30.4 Å². The van der Waals surface area contributed by atoms with Gasteiger partial charge < -0.3 is 4.74 Å². The van der Waals surface area contributed by atoms with E-state index in [4.69, 9.17) is 0 Å². The highest BCUT2D eigenvalue weighted by atomic mass is 79.9. The van der Waals surface area contributed by atoms with Crippen molar-refractivity contribution in [2.75, 3.05) is 11.9 Å². The third kappa shape index (κ3) is 4.12. The van der Waals surface area contributed by atoms with Gasteiger partial charge in [-0.15, -0.1) is 13.2 Å². The highest BCUT2D eigenvalue weighted by molar-refractivity contribution is 9.09. The lowest BCUT2D eigenvalue weighted by Gasteiger charge is -2.25. The summed E-state index contributed by atoms with van der Waals surface area (Å²) in [4.78, 5) is 2.36. The van der Waals surface area contributed by atoms with Crippen molar-refractivity contribution < 1.29 is 17.9 Å². The standard InChI is InChI=1S/C14H17BrF3NO/c1-10-6-7-19(13(10)8-15)9-11-2-4-12(5-3-11)20-14(16,17)18/h2-5,10,13H,6-9H2,1H3. The minimum Gasteiger partial charge on any atom is -0.406 e. The second-order valence-electron chi connectivity index (χ2n) is 5.15. The molecule has 6 heteroatoms. The van der Waals surface area contributed by atoms with E-state index >= 15 is 0 Å². The van der Waals surface area contributed by atoms with E-state index in [2.05, 4.69) is 32.5 Å². The van der Waals surface area contributed by atoms with Crippen LogP contribution in [0.4, 0.5) is 13.2 Å². The first-order chi connectivity index (χ1) is 9.39. The maximum absolute atomic E-state index is 12.1. The maximum Gasteiger partial charge on any atom is 0.573 e. The lowest BCUT2D eigenvalue weighted by atomic mass is 10.0. The summed E-state index contributed by atoms with van der Waals surface area (Å²) >= 11 is 3.53. The van der Waals surface area contributed by atoms with Crippen molar-refractivity contribution in [3.8, 4) is 5.75 Å². The number of hydrogen-bond acceptors (Lipinski definition) is 2. The number of halogens is 4. The van der Waals surface area contributed by atoms with Gasteiger partial charge in [-0.3, -0.25) is 4.90 Å². The van der Waals surface area contributed by atoms with Crippen LogP contribution in [0.2, 0.25) is 0 Å². The molecule has 0 aromatic heterocycles. The van der Waals surface area contributed by atoms with E-state index in [9.17, 15) is 13.2 Å². The van der Waals surface area contributed by atoms with Gasteiger partial charge in [0.2, 0.25) is 0 Å². The summed E-state index contributed by atoms with van der Waals surface area (Å²) in [5.74, 6) is 0.468. The van der Waals surface area contributed by atoms with Crippen LogP contribution in [0.1, 0.15) is 18.9 Å². The van der Waals surface area contributed by atoms with Crippen molar-refractivity contribution in [3.05, 3.63) is 29.8 Å². The smallest absolute Gasteiger partial charge is 0.406 e. The molecule has 112 valence electrons. The number of nitrogens with zero attached hydrogens (tertiary/aromatic N) is 1. The van der Waals surface area contributed by atoms with Crippen molar-refractivity contribution in [2.45, 2.75) is 32.3 Å². The van der Waals surface area contributed by atoms with Gasteiger partial charge >= 0.3 is 6.36 Å². The molecule has 1 aromatic carbocycles. The maximum atomic E-state index is 12.1. The summed E-state index contributed by atoms with van der Waals surface area (Å²) in [6.07, 6.45) is -3.47. The molecule has 0 N–H and O–H groups in total.